The van der Waals surface area contributed by atoms with Gasteiger partial charge in [-0.25, -0.2) is 0 Å². The molecular formula is C23H21NO2. The summed E-state index contributed by atoms with van der Waals surface area (Å²) in [6.45, 7) is 0. The third-order valence-electron chi connectivity index (χ3n) is 4.77. The Morgan fingerprint density at radius 1 is 0.846 bits per heavy atom. The summed E-state index contributed by atoms with van der Waals surface area (Å²) in [5.41, 5.74) is 3.24. The number of fused-ring (bicyclic) bond motifs is 1. The summed E-state index contributed by atoms with van der Waals surface area (Å²) in [4.78, 5) is 12.6. The summed E-state index contributed by atoms with van der Waals surface area (Å²) in [5.74, 6) is 1.46. The van der Waals surface area contributed by atoms with Crippen molar-refractivity contribution in [2.45, 2.75) is 25.3 Å². The molecule has 0 aromatic heterocycles. The van der Waals surface area contributed by atoms with E-state index in [4.69, 9.17) is 4.74 Å². The molecule has 3 nitrogen and oxygen atoms in total. The third kappa shape index (κ3) is 3.62. The van der Waals surface area contributed by atoms with E-state index in [1.807, 2.05) is 60.7 Å². The molecule has 0 radical (unpaired) electrons. The van der Waals surface area contributed by atoms with Gasteiger partial charge >= 0.3 is 0 Å². The first-order valence-electron chi connectivity index (χ1n) is 9.01. The van der Waals surface area contributed by atoms with Gasteiger partial charge in [-0.2, -0.15) is 0 Å². The van der Waals surface area contributed by atoms with E-state index in [-0.39, 0.29) is 11.9 Å². The number of ether oxygens (including phenoxy) is 1. The highest BCUT2D eigenvalue weighted by Crippen LogP contribution is 2.30. The maximum Gasteiger partial charge on any atom is 0.251 e. The fourth-order valence-electron chi connectivity index (χ4n) is 3.44. The number of nitrogens with one attached hydrogen (secondary N) is 1. The van der Waals surface area contributed by atoms with Gasteiger partial charge in [0.1, 0.15) is 11.5 Å². The molecule has 1 N–H and O–H groups in total. The van der Waals surface area contributed by atoms with Crippen LogP contribution in [0.1, 0.15) is 40.4 Å². The van der Waals surface area contributed by atoms with E-state index in [9.17, 15) is 4.79 Å². The number of hydrogen-bond acceptors (Lipinski definition) is 2. The molecule has 1 amide bonds. The molecule has 1 atom stereocenters. The first-order chi connectivity index (χ1) is 12.8. The summed E-state index contributed by atoms with van der Waals surface area (Å²) in [7, 11) is 0. The molecule has 0 bridgehead atoms. The lowest BCUT2D eigenvalue weighted by Crippen LogP contribution is -2.30. The maximum atomic E-state index is 12.6. The second-order valence-electron chi connectivity index (χ2n) is 6.56. The molecule has 4 rings (SSSR count). The summed E-state index contributed by atoms with van der Waals surface area (Å²) in [6, 6.07) is 25.4. The monoisotopic (exact) mass is 343 g/mol. The van der Waals surface area contributed by atoms with Crippen LogP contribution < -0.4 is 10.1 Å². The standard InChI is InChI=1S/C23H21NO2/c25-23(24-22-12-6-8-17-7-4-5-11-21(17)22)18-13-15-20(16-14-18)26-19-9-2-1-3-10-19/h1-5,7,9-11,13-16,22H,6,8,12H2,(H,24,25). The first-order valence-corrected chi connectivity index (χ1v) is 9.01. The van der Waals surface area contributed by atoms with Crippen LogP contribution in [0.2, 0.25) is 0 Å². The molecule has 1 aliphatic rings. The van der Waals surface area contributed by atoms with Gasteiger partial charge in [0.05, 0.1) is 6.04 Å². The zero-order chi connectivity index (χ0) is 17.8. The van der Waals surface area contributed by atoms with Gasteiger partial charge in [0.2, 0.25) is 0 Å². The van der Waals surface area contributed by atoms with Crippen molar-refractivity contribution in [3.05, 3.63) is 95.6 Å². The third-order valence-corrected chi connectivity index (χ3v) is 4.77. The van der Waals surface area contributed by atoms with E-state index in [1.165, 1.54) is 11.1 Å². The molecule has 3 aromatic rings. The van der Waals surface area contributed by atoms with Crippen LogP contribution in [0.25, 0.3) is 0 Å². The van der Waals surface area contributed by atoms with E-state index in [1.54, 1.807) is 0 Å². The van der Waals surface area contributed by atoms with Gasteiger partial charge in [0.15, 0.2) is 0 Å². The second-order valence-corrected chi connectivity index (χ2v) is 6.56. The van der Waals surface area contributed by atoms with Crippen molar-refractivity contribution in [3.63, 3.8) is 0 Å². The van der Waals surface area contributed by atoms with Gasteiger partial charge in [-0.05, 0) is 66.8 Å². The number of rotatable bonds is 4. The van der Waals surface area contributed by atoms with Gasteiger partial charge in [-0.3, -0.25) is 4.79 Å². The van der Waals surface area contributed by atoms with Crippen LogP contribution in [0.3, 0.4) is 0 Å². The fourth-order valence-corrected chi connectivity index (χ4v) is 3.44. The Morgan fingerprint density at radius 2 is 1.54 bits per heavy atom. The lowest BCUT2D eigenvalue weighted by molar-refractivity contribution is 0.0932. The van der Waals surface area contributed by atoms with Crippen molar-refractivity contribution < 1.29 is 9.53 Å². The topological polar surface area (TPSA) is 38.3 Å². The summed E-state index contributed by atoms with van der Waals surface area (Å²) in [5, 5.41) is 3.18. The van der Waals surface area contributed by atoms with Crippen molar-refractivity contribution in [1.82, 2.24) is 5.32 Å². The van der Waals surface area contributed by atoms with Gasteiger partial charge in [0.25, 0.3) is 5.91 Å². The second kappa shape index (κ2) is 7.44. The highest BCUT2D eigenvalue weighted by atomic mass is 16.5. The Morgan fingerprint density at radius 3 is 2.35 bits per heavy atom. The molecule has 0 fully saturated rings. The molecule has 1 unspecified atom stereocenters. The zero-order valence-corrected chi connectivity index (χ0v) is 14.5. The SMILES string of the molecule is O=C(NC1CCCc2ccccc21)c1ccc(Oc2ccccc2)cc1. The molecule has 26 heavy (non-hydrogen) atoms. The van der Waals surface area contributed by atoms with E-state index in [0.29, 0.717) is 5.56 Å². The Balaban J connectivity index is 1.44. The predicted octanol–water partition coefficient (Wildman–Crippen LogP) is 5.29. The maximum absolute atomic E-state index is 12.6. The smallest absolute Gasteiger partial charge is 0.251 e. The van der Waals surface area contributed by atoms with Crippen LogP contribution >= 0.6 is 0 Å². The van der Waals surface area contributed by atoms with Gasteiger partial charge in [0, 0.05) is 5.56 Å². The lowest BCUT2D eigenvalue weighted by Gasteiger charge is -2.26. The number of carbonyl (C=O) groups excluding carboxylic acids is 1. The molecule has 0 heterocycles. The Labute approximate surface area is 153 Å². The Bertz CT molecular complexity index is 888. The van der Waals surface area contributed by atoms with Crippen molar-refractivity contribution >= 4 is 5.91 Å². The van der Waals surface area contributed by atoms with Crippen LogP contribution in [0.5, 0.6) is 11.5 Å². The van der Waals surface area contributed by atoms with Crippen LogP contribution in [-0.2, 0) is 6.42 Å². The van der Waals surface area contributed by atoms with Crippen molar-refractivity contribution in [1.29, 1.82) is 0 Å². The number of benzene rings is 3. The van der Waals surface area contributed by atoms with Crippen LogP contribution in [-0.4, -0.2) is 5.91 Å². The Kier molecular flexibility index (Phi) is 4.69. The summed E-state index contributed by atoms with van der Waals surface area (Å²) < 4.78 is 5.78. The molecule has 0 spiro atoms. The number of para-hydroxylation sites is 1. The number of hydrogen-bond donors (Lipinski definition) is 1. The largest absolute Gasteiger partial charge is 0.457 e. The molecule has 0 aliphatic heterocycles. The van der Waals surface area contributed by atoms with Crippen molar-refractivity contribution in [2.24, 2.45) is 0 Å². The number of amides is 1. The molecule has 1 aliphatic carbocycles. The predicted molar refractivity (Wildman–Crippen MR) is 103 cm³/mol. The molecule has 3 heteroatoms. The van der Waals surface area contributed by atoms with Crippen LogP contribution in [0.4, 0.5) is 0 Å². The molecular weight excluding hydrogens is 322 g/mol. The van der Waals surface area contributed by atoms with Gasteiger partial charge in [-0.1, -0.05) is 42.5 Å². The molecule has 130 valence electrons. The quantitative estimate of drug-likeness (QED) is 0.699. The minimum absolute atomic E-state index is 0.0436. The van der Waals surface area contributed by atoms with Gasteiger partial charge in [-0.15, -0.1) is 0 Å². The van der Waals surface area contributed by atoms with E-state index in [2.05, 4.69) is 23.5 Å². The van der Waals surface area contributed by atoms with Gasteiger partial charge < -0.3 is 10.1 Å². The zero-order valence-electron chi connectivity index (χ0n) is 14.5. The van der Waals surface area contributed by atoms with E-state index in [0.717, 1.165) is 30.8 Å². The minimum Gasteiger partial charge on any atom is -0.457 e. The molecule has 0 saturated heterocycles. The average Bonchev–Trinajstić information content (AvgIpc) is 2.70. The van der Waals surface area contributed by atoms with Crippen molar-refractivity contribution in [3.8, 4) is 11.5 Å². The number of aryl methyl sites for hydroxylation is 1. The highest BCUT2D eigenvalue weighted by molar-refractivity contribution is 5.94. The highest BCUT2D eigenvalue weighted by Gasteiger charge is 2.21. The van der Waals surface area contributed by atoms with E-state index < -0.39 is 0 Å². The molecule has 0 saturated carbocycles. The Hall–Kier alpha value is -3.07. The summed E-state index contributed by atoms with van der Waals surface area (Å²) >= 11 is 0. The molecule has 3 aromatic carbocycles. The van der Waals surface area contributed by atoms with Crippen molar-refractivity contribution in [2.75, 3.05) is 0 Å². The first kappa shape index (κ1) is 16.4. The van der Waals surface area contributed by atoms with Crippen LogP contribution in [0, 0.1) is 0 Å². The van der Waals surface area contributed by atoms with Crippen LogP contribution in [0.15, 0.2) is 78.9 Å². The lowest BCUT2D eigenvalue weighted by atomic mass is 9.87. The normalized spacial score (nSPS) is 15.8. The minimum atomic E-state index is -0.0436. The summed E-state index contributed by atoms with van der Waals surface area (Å²) in [6.07, 6.45) is 3.18. The van der Waals surface area contributed by atoms with E-state index >= 15 is 0 Å². The fraction of sp³-hybridized carbons (Fsp3) is 0.174. The number of carbonyl (C=O) groups is 1. The average molecular weight is 343 g/mol.